The van der Waals surface area contributed by atoms with Gasteiger partial charge in [-0.2, -0.15) is 0 Å². The molecule has 318 valence electrons. The molecule has 7 aromatic carbocycles. The number of pyridine rings is 1. The van der Waals surface area contributed by atoms with Gasteiger partial charge in [0.05, 0.1) is 29.1 Å². The van der Waals surface area contributed by atoms with Crippen LogP contribution in [0.1, 0.15) is 85.9 Å². The molecule has 5 heteroatoms. The summed E-state index contributed by atoms with van der Waals surface area (Å²) in [6, 6.07) is 43.2. The van der Waals surface area contributed by atoms with Crippen molar-refractivity contribution in [1.29, 1.82) is 0 Å². The molecule has 0 spiro atoms. The largest absolute Gasteiger partial charge is 0.507 e. The van der Waals surface area contributed by atoms with Crippen LogP contribution in [0.5, 0.6) is 5.75 Å². The third-order valence-electron chi connectivity index (χ3n) is 11.8. The monoisotopic (exact) mass is 1010 g/mol. The smallest absolute Gasteiger partial charge is 0.148 e. The van der Waals surface area contributed by atoms with Gasteiger partial charge in [0, 0.05) is 49.5 Å². The minimum atomic E-state index is -0.438. The van der Waals surface area contributed by atoms with E-state index < -0.39 is 18.1 Å². The van der Waals surface area contributed by atoms with E-state index in [2.05, 4.69) is 170 Å². The molecule has 9 aromatic rings. The molecule has 0 aliphatic carbocycles. The van der Waals surface area contributed by atoms with E-state index in [1.165, 1.54) is 0 Å². The van der Waals surface area contributed by atoms with E-state index in [-0.39, 0.29) is 60.7 Å². The van der Waals surface area contributed by atoms with E-state index in [9.17, 15) is 5.11 Å². The summed E-state index contributed by atoms with van der Waals surface area (Å²) < 4.78 is 44.5. The van der Waals surface area contributed by atoms with Crippen molar-refractivity contribution in [2.75, 3.05) is 0 Å². The number of hydrogen-bond acceptors (Lipinski definition) is 3. The Labute approximate surface area is 394 Å². The van der Waals surface area contributed by atoms with Crippen LogP contribution in [0.2, 0.25) is 0 Å². The Morgan fingerprint density at radius 3 is 1.98 bits per heavy atom. The number of hydrogen-bond donors (Lipinski definition) is 1. The van der Waals surface area contributed by atoms with E-state index in [0.717, 1.165) is 66.4 Å². The van der Waals surface area contributed by atoms with E-state index in [4.69, 9.17) is 16.8 Å². The van der Waals surface area contributed by atoms with Crippen LogP contribution in [-0.4, -0.2) is 19.6 Å². The van der Waals surface area contributed by atoms with E-state index in [1.807, 2.05) is 12.1 Å². The summed E-state index contributed by atoms with van der Waals surface area (Å²) in [5, 5.41) is 14.7. The van der Waals surface area contributed by atoms with Gasteiger partial charge in [0.1, 0.15) is 11.6 Å². The first-order valence-electron chi connectivity index (χ1n) is 23.7. The third kappa shape index (κ3) is 8.30. The van der Waals surface area contributed by atoms with Crippen molar-refractivity contribution >= 4 is 21.8 Å². The number of fused-ring (bicyclic) bond motifs is 2. The number of phenolic OH excluding ortho intramolecular Hbond substituents is 1. The molecule has 63 heavy (non-hydrogen) atoms. The summed E-state index contributed by atoms with van der Waals surface area (Å²) in [5.74, 6) is 0.791. The zero-order chi connectivity index (χ0) is 47.9. The van der Waals surface area contributed by atoms with Crippen LogP contribution in [0.15, 0.2) is 158 Å². The van der Waals surface area contributed by atoms with Gasteiger partial charge in [-0.05, 0) is 62.1 Å². The van der Waals surface area contributed by atoms with Crippen molar-refractivity contribution in [3.8, 4) is 67.5 Å². The van der Waals surface area contributed by atoms with Gasteiger partial charge in [0.15, 0.2) is 0 Å². The second-order valence-electron chi connectivity index (χ2n) is 19.3. The number of nitrogens with zero attached hydrogens (tertiary/aromatic N) is 3. The molecule has 0 aliphatic heterocycles. The number of phenols is 1. The van der Waals surface area contributed by atoms with Crippen LogP contribution in [0.25, 0.3) is 83.5 Å². The van der Waals surface area contributed by atoms with E-state index >= 15 is 0 Å². The zero-order valence-corrected chi connectivity index (χ0v) is 39.5. The van der Waals surface area contributed by atoms with Gasteiger partial charge in [-0.1, -0.05) is 195 Å². The van der Waals surface area contributed by atoms with Crippen molar-refractivity contribution in [2.24, 2.45) is 0 Å². The fourth-order valence-electron chi connectivity index (χ4n) is 8.29. The van der Waals surface area contributed by atoms with Crippen LogP contribution in [0.4, 0.5) is 0 Å². The Kier molecular flexibility index (Phi) is 9.84. The number of aromatic nitrogens is 3. The van der Waals surface area contributed by atoms with Crippen molar-refractivity contribution in [1.82, 2.24) is 14.5 Å². The Hall–Kier alpha value is -6.09. The molecule has 1 N–H and O–H groups in total. The van der Waals surface area contributed by atoms with Crippen molar-refractivity contribution in [3.63, 3.8) is 0 Å². The van der Waals surface area contributed by atoms with Gasteiger partial charge < -0.3 is 5.11 Å². The number of aromatic hydroxyl groups is 1. The number of rotatable bonds is 6. The Morgan fingerprint density at radius 1 is 0.587 bits per heavy atom. The second kappa shape index (κ2) is 16.6. The first kappa shape index (κ1) is 37.5. The maximum absolute atomic E-state index is 12.6. The molecule has 0 saturated carbocycles. The van der Waals surface area contributed by atoms with E-state index in [1.54, 1.807) is 18.3 Å². The number of imidazole rings is 1. The van der Waals surface area contributed by atoms with Crippen LogP contribution in [0.3, 0.4) is 0 Å². The molecule has 0 saturated heterocycles. The summed E-state index contributed by atoms with van der Waals surface area (Å²) in [7, 11) is 0. The van der Waals surface area contributed by atoms with Gasteiger partial charge in [0.25, 0.3) is 0 Å². The van der Waals surface area contributed by atoms with Crippen LogP contribution in [0, 0.1) is 6.07 Å². The van der Waals surface area contributed by atoms with Crippen LogP contribution < -0.4 is 0 Å². The van der Waals surface area contributed by atoms with Crippen molar-refractivity contribution in [2.45, 2.75) is 78.6 Å². The minimum absolute atomic E-state index is 0. The minimum Gasteiger partial charge on any atom is -0.507 e. The average Bonchev–Trinajstić information content (AvgIpc) is 3.68. The molecule has 0 atom stereocenters. The summed E-state index contributed by atoms with van der Waals surface area (Å²) >= 11 is 0. The maximum atomic E-state index is 12.6. The average molecular weight is 1010 g/mol. The van der Waals surface area contributed by atoms with Crippen molar-refractivity contribution < 1.29 is 33.0 Å². The van der Waals surface area contributed by atoms with E-state index in [0.29, 0.717) is 28.2 Å². The molecule has 0 bridgehead atoms. The number of para-hydroxylation sites is 1. The SMILES string of the molecule is [2H]c1c([2H])c([2H])c(-c2ccnc(-c3[c-]c(-c4cccc5c4nc(-c4cc(C(C)(C)C)cc(C(C)(C)C)c4O)n5-c4c(-c5ccccc5)ccc5ccccc45)cc(C(C)(C)C)c3)c2)c([2H])c1[2H].[Pt]. The van der Waals surface area contributed by atoms with Crippen LogP contribution in [-0.2, 0) is 37.3 Å². The van der Waals surface area contributed by atoms with Crippen molar-refractivity contribution in [3.05, 3.63) is 180 Å². The predicted octanol–water partition coefficient (Wildman–Crippen LogP) is 15.3. The molecule has 9 rings (SSSR count). The molecule has 4 nitrogen and oxygen atoms in total. The summed E-state index contributed by atoms with van der Waals surface area (Å²) in [4.78, 5) is 10.4. The second-order valence-corrected chi connectivity index (χ2v) is 19.3. The molecular formula is C58H54N3OPt-. The molecule has 2 aromatic heterocycles. The number of benzene rings is 7. The summed E-state index contributed by atoms with van der Waals surface area (Å²) in [5.41, 5.74) is 10.6. The molecule has 0 amide bonds. The fraction of sp³-hybridized carbons (Fsp3) is 0.207. The molecule has 0 aliphatic rings. The first-order chi connectivity index (χ1) is 31.6. The summed E-state index contributed by atoms with van der Waals surface area (Å²) in [6.45, 7) is 19.4. The molecule has 0 unspecified atom stereocenters. The summed E-state index contributed by atoms with van der Waals surface area (Å²) in [6.07, 6.45) is 1.61. The predicted molar refractivity (Wildman–Crippen MR) is 260 cm³/mol. The molecular weight excluding hydrogens is 950 g/mol. The topological polar surface area (TPSA) is 50.9 Å². The maximum Gasteiger partial charge on any atom is 0.148 e. The zero-order valence-electron chi connectivity index (χ0n) is 42.2. The Morgan fingerprint density at radius 2 is 1.27 bits per heavy atom. The van der Waals surface area contributed by atoms with Crippen LogP contribution >= 0.6 is 0 Å². The van der Waals surface area contributed by atoms with Gasteiger partial charge in [-0.15, -0.1) is 29.3 Å². The normalized spacial score (nSPS) is 13.3. The van der Waals surface area contributed by atoms with Gasteiger partial charge >= 0.3 is 0 Å². The standard InChI is InChI=1S/C58H54N3O.Pt/c1-56(2,3)43-32-41(31-42(33-43)50-34-40(29-30-59-50)37-19-12-10-13-20-37)45-25-18-26-51-52(45)60-55(48-35-44(57(4,5)6)36-49(54(48)62)58(7,8)9)61(51)53-46-24-17-16-23-39(46)27-28-47(53)38-21-14-11-15-22-38;/h10-30,32-36,62H,1-9H3;/q-1;/i10D,12D,13D,19D,20D;. The fourth-order valence-corrected chi connectivity index (χ4v) is 8.29. The molecule has 0 fully saturated rings. The molecule has 2 heterocycles. The Balaban J connectivity index is 0.00000625. The van der Waals surface area contributed by atoms with Gasteiger partial charge in [-0.25, -0.2) is 4.98 Å². The molecule has 0 radical (unpaired) electrons. The van der Waals surface area contributed by atoms with Gasteiger partial charge in [-0.3, -0.25) is 9.55 Å². The third-order valence-corrected chi connectivity index (χ3v) is 11.8. The first-order valence-corrected chi connectivity index (χ1v) is 21.2. The Bertz CT molecular complexity index is 3400. The quantitative estimate of drug-likeness (QED) is 0.169. The van der Waals surface area contributed by atoms with Gasteiger partial charge in [0.2, 0.25) is 0 Å².